The molecule has 10 heteroatoms. The van der Waals surface area contributed by atoms with Crippen molar-refractivity contribution in [2.45, 2.75) is 24.4 Å². The molecule has 7 nitrogen and oxygen atoms in total. The van der Waals surface area contributed by atoms with Gasteiger partial charge in [-0.05, 0) is 0 Å². The highest BCUT2D eigenvalue weighted by Crippen LogP contribution is 2.36. The zero-order valence-electron chi connectivity index (χ0n) is 9.81. The maximum Gasteiger partial charge on any atom is 0.264 e. The number of fused-ring (bicyclic) bond motifs is 2. The predicted molar refractivity (Wildman–Crippen MR) is 65.4 cm³/mol. The van der Waals surface area contributed by atoms with E-state index in [4.69, 9.17) is 13.1 Å². The molecule has 0 aromatic carbocycles. The second kappa shape index (κ2) is 4.91. The molecule has 0 aromatic rings. The second-order valence-electron chi connectivity index (χ2n) is 4.28. The van der Waals surface area contributed by atoms with E-state index in [1.807, 2.05) is 0 Å². The molecule has 0 radical (unpaired) electrons. The van der Waals surface area contributed by atoms with E-state index in [2.05, 4.69) is 0 Å². The zero-order chi connectivity index (χ0) is 13.6. The summed E-state index contributed by atoms with van der Waals surface area (Å²) >= 11 is 1.56. The first kappa shape index (κ1) is 14.5. The Labute approximate surface area is 110 Å². The summed E-state index contributed by atoms with van der Waals surface area (Å²) in [6.07, 6.45) is -0.908. The van der Waals surface area contributed by atoms with Crippen LogP contribution in [0.1, 0.15) is 0 Å². The summed E-state index contributed by atoms with van der Waals surface area (Å²) in [5.41, 5.74) is 0. The highest BCUT2D eigenvalue weighted by atomic mass is 32.2. The average Bonchev–Trinajstić information content (AvgIpc) is 2.38. The van der Waals surface area contributed by atoms with Gasteiger partial charge in [-0.1, -0.05) is 0 Å². The van der Waals surface area contributed by atoms with Crippen LogP contribution in [0.25, 0.3) is 0 Å². The number of hydrogen-bond donors (Lipinski definition) is 0. The van der Waals surface area contributed by atoms with Crippen LogP contribution in [0, 0.1) is 0 Å². The Morgan fingerprint density at radius 2 is 1.33 bits per heavy atom. The summed E-state index contributed by atoms with van der Waals surface area (Å²) in [4.78, 5) is 0. The molecule has 4 atom stereocenters. The quantitative estimate of drug-likeness (QED) is 0.621. The molecule has 106 valence electrons. The third-order valence-corrected chi connectivity index (χ3v) is 4.81. The molecule has 0 amide bonds. The molecule has 0 saturated carbocycles. The minimum absolute atomic E-state index is 0.463. The van der Waals surface area contributed by atoms with Crippen LogP contribution in [0.5, 0.6) is 0 Å². The fraction of sp³-hybridized carbons (Fsp3) is 1.00. The van der Waals surface area contributed by atoms with Gasteiger partial charge in [0.2, 0.25) is 0 Å². The smallest absolute Gasteiger partial charge is 0.264 e. The molecule has 2 saturated heterocycles. The van der Waals surface area contributed by atoms with Crippen molar-refractivity contribution in [3.05, 3.63) is 0 Å². The highest BCUT2D eigenvalue weighted by molar-refractivity contribution is 7.99. The van der Waals surface area contributed by atoms with Crippen LogP contribution in [0.3, 0.4) is 0 Å². The SMILES string of the molecule is CS(=O)(=O)O[C@H]1[C@H](OS(C)(=O)=O)[C@H]2CSC[C@@H]1O2. The van der Waals surface area contributed by atoms with Gasteiger partial charge >= 0.3 is 0 Å². The average molecular weight is 318 g/mol. The lowest BCUT2D eigenvalue weighted by Gasteiger charge is -2.20. The summed E-state index contributed by atoms with van der Waals surface area (Å²) in [5.74, 6) is 1.11. The third-order valence-electron chi connectivity index (χ3n) is 2.54. The van der Waals surface area contributed by atoms with Gasteiger partial charge in [0.1, 0.15) is 12.2 Å². The lowest BCUT2D eigenvalue weighted by molar-refractivity contribution is 0.0332. The van der Waals surface area contributed by atoms with Crippen molar-refractivity contribution >= 4 is 32.0 Å². The molecule has 0 aromatic heterocycles. The van der Waals surface area contributed by atoms with Crippen LogP contribution in [0.4, 0.5) is 0 Å². The van der Waals surface area contributed by atoms with Gasteiger partial charge in [0.15, 0.2) is 0 Å². The van der Waals surface area contributed by atoms with Gasteiger partial charge in [-0.2, -0.15) is 28.6 Å². The van der Waals surface area contributed by atoms with Crippen LogP contribution in [-0.2, 0) is 33.3 Å². The molecule has 18 heavy (non-hydrogen) atoms. The molecular weight excluding hydrogens is 304 g/mol. The lowest BCUT2D eigenvalue weighted by Crippen LogP contribution is -2.39. The minimum atomic E-state index is -3.70. The van der Waals surface area contributed by atoms with Crippen molar-refractivity contribution in [3.63, 3.8) is 0 Å². The van der Waals surface area contributed by atoms with Crippen molar-refractivity contribution in [3.8, 4) is 0 Å². The Morgan fingerprint density at radius 3 is 1.67 bits per heavy atom. The first-order valence-electron chi connectivity index (χ1n) is 5.15. The van der Waals surface area contributed by atoms with E-state index in [1.165, 1.54) is 0 Å². The maximum atomic E-state index is 11.2. The van der Waals surface area contributed by atoms with E-state index in [1.54, 1.807) is 11.8 Å². The standard InChI is InChI=1S/C8H14O7S3/c1-17(9,10)14-7-5-3-16-4-6(13-5)8(7)15-18(2,11)12/h5-8H,3-4H2,1-2H3/t5-,6+,7-,8-/m1/s1. The largest absolute Gasteiger partial charge is 0.368 e. The van der Waals surface area contributed by atoms with Crippen molar-refractivity contribution in [1.82, 2.24) is 0 Å². The van der Waals surface area contributed by atoms with Crippen LogP contribution < -0.4 is 0 Å². The van der Waals surface area contributed by atoms with E-state index in [0.717, 1.165) is 12.5 Å². The maximum absolute atomic E-state index is 11.2. The van der Waals surface area contributed by atoms with E-state index >= 15 is 0 Å². The summed E-state index contributed by atoms with van der Waals surface area (Å²) in [6.45, 7) is 0. The van der Waals surface area contributed by atoms with Crippen LogP contribution >= 0.6 is 11.8 Å². The molecule has 2 rings (SSSR count). The molecule has 0 aliphatic carbocycles. The summed E-state index contributed by atoms with van der Waals surface area (Å²) in [6, 6.07) is 0. The summed E-state index contributed by atoms with van der Waals surface area (Å²) in [5, 5.41) is 0. The molecule has 0 unspecified atom stereocenters. The van der Waals surface area contributed by atoms with Gasteiger partial charge < -0.3 is 4.74 Å². The molecule has 2 fully saturated rings. The topological polar surface area (TPSA) is 96.0 Å². The number of ether oxygens (including phenoxy) is 1. The molecule has 2 aliphatic rings. The van der Waals surface area contributed by atoms with Gasteiger partial charge in [0.05, 0.1) is 24.7 Å². The fourth-order valence-corrected chi connectivity index (χ4v) is 4.42. The normalized spacial score (nSPS) is 36.8. The number of thioether (sulfide) groups is 1. The fourth-order valence-electron chi connectivity index (χ4n) is 2.01. The number of hydrogen-bond acceptors (Lipinski definition) is 8. The molecule has 0 N–H and O–H groups in total. The minimum Gasteiger partial charge on any atom is -0.368 e. The van der Waals surface area contributed by atoms with E-state index in [0.29, 0.717) is 11.5 Å². The molecule has 0 spiro atoms. The van der Waals surface area contributed by atoms with Gasteiger partial charge in [-0.15, -0.1) is 0 Å². The highest BCUT2D eigenvalue weighted by Gasteiger charge is 2.51. The Balaban J connectivity index is 2.22. The predicted octanol–water partition coefficient (Wildman–Crippen LogP) is -0.810. The molecule has 2 heterocycles. The Hall–Kier alpha value is 0.130. The van der Waals surface area contributed by atoms with Gasteiger partial charge in [0, 0.05) is 11.5 Å². The number of rotatable bonds is 4. The van der Waals surface area contributed by atoms with Crippen LogP contribution in [-0.4, -0.2) is 65.3 Å². The second-order valence-corrected chi connectivity index (χ2v) is 8.56. The monoisotopic (exact) mass is 318 g/mol. The molecular formula is C8H14O7S3. The zero-order valence-corrected chi connectivity index (χ0v) is 12.3. The van der Waals surface area contributed by atoms with Gasteiger partial charge in [0.25, 0.3) is 20.2 Å². The van der Waals surface area contributed by atoms with Crippen LogP contribution in [0.2, 0.25) is 0 Å². The van der Waals surface area contributed by atoms with Crippen LogP contribution in [0.15, 0.2) is 0 Å². The van der Waals surface area contributed by atoms with Crippen molar-refractivity contribution in [2.24, 2.45) is 0 Å². The summed E-state index contributed by atoms with van der Waals surface area (Å²) < 4.78 is 60.1. The first-order chi connectivity index (χ1) is 8.16. The van der Waals surface area contributed by atoms with Gasteiger partial charge in [-0.25, -0.2) is 0 Å². The van der Waals surface area contributed by atoms with E-state index in [9.17, 15) is 16.8 Å². The third kappa shape index (κ3) is 3.58. The summed E-state index contributed by atoms with van der Waals surface area (Å²) in [7, 11) is -7.40. The van der Waals surface area contributed by atoms with Crippen molar-refractivity contribution in [2.75, 3.05) is 24.0 Å². The Bertz CT molecular complexity index is 465. The van der Waals surface area contributed by atoms with Gasteiger partial charge in [-0.3, -0.25) is 8.37 Å². The van der Waals surface area contributed by atoms with Crippen molar-refractivity contribution < 1.29 is 29.9 Å². The van der Waals surface area contributed by atoms with E-state index in [-0.39, 0.29) is 0 Å². The van der Waals surface area contributed by atoms with E-state index < -0.39 is 44.7 Å². The lowest BCUT2D eigenvalue weighted by atomic mass is 10.1. The first-order valence-corrected chi connectivity index (χ1v) is 9.94. The molecule has 2 aliphatic heterocycles. The Kier molecular flexibility index (Phi) is 3.96. The van der Waals surface area contributed by atoms with Crippen molar-refractivity contribution in [1.29, 1.82) is 0 Å². The Morgan fingerprint density at radius 1 is 0.944 bits per heavy atom. The molecule has 2 bridgehead atoms.